The molecule has 1 fully saturated rings. The number of para-hydroxylation sites is 1. The van der Waals surface area contributed by atoms with Gasteiger partial charge in [-0.3, -0.25) is 0 Å². The van der Waals surface area contributed by atoms with E-state index in [1.165, 1.54) is 6.07 Å². The average molecular weight is 293 g/mol. The van der Waals surface area contributed by atoms with E-state index < -0.39 is 0 Å². The van der Waals surface area contributed by atoms with Crippen LogP contribution in [0, 0.1) is 5.82 Å². The zero-order valence-corrected chi connectivity index (χ0v) is 11.6. The first-order valence-corrected chi connectivity index (χ1v) is 6.84. The van der Waals surface area contributed by atoms with Crippen molar-refractivity contribution < 1.29 is 4.39 Å². The topological polar surface area (TPSA) is 32.3 Å². The standard InChI is InChI=1S/C14H14ClFN4/c15-13-14(18-6-5-17-13)20-9-7-19(8-10-20)12-4-2-1-3-11(12)16/h1-6H,7-10H2. The number of halogens is 2. The fourth-order valence-electron chi connectivity index (χ4n) is 2.39. The maximum atomic E-state index is 13.8. The Morgan fingerprint density at radius 3 is 2.30 bits per heavy atom. The van der Waals surface area contributed by atoms with Crippen molar-refractivity contribution in [1.82, 2.24) is 9.97 Å². The van der Waals surface area contributed by atoms with Crippen LogP contribution in [0.2, 0.25) is 5.15 Å². The van der Waals surface area contributed by atoms with Gasteiger partial charge in [0.1, 0.15) is 5.82 Å². The number of anilines is 2. The summed E-state index contributed by atoms with van der Waals surface area (Å²) in [7, 11) is 0. The first kappa shape index (κ1) is 13.1. The van der Waals surface area contributed by atoms with E-state index in [1.807, 2.05) is 11.0 Å². The van der Waals surface area contributed by atoms with E-state index >= 15 is 0 Å². The lowest BCUT2D eigenvalue weighted by molar-refractivity contribution is 0.596. The van der Waals surface area contributed by atoms with Gasteiger partial charge in [-0.15, -0.1) is 0 Å². The normalized spacial score (nSPS) is 15.5. The molecule has 104 valence electrons. The third kappa shape index (κ3) is 2.54. The number of rotatable bonds is 2. The third-order valence-electron chi connectivity index (χ3n) is 3.41. The Labute approximate surface area is 121 Å². The van der Waals surface area contributed by atoms with Crippen LogP contribution < -0.4 is 9.80 Å². The summed E-state index contributed by atoms with van der Waals surface area (Å²) in [6.07, 6.45) is 3.20. The Bertz CT molecular complexity index is 546. The van der Waals surface area contributed by atoms with Gasteiger partial charge in [0, 0.05) is 38.6 Å². The molecule has 20 heavy (non-hydrogen) atoms. The Balaban J connectivity index is 1.72. The second-order valence-electron chi connectivity index (χ2n) is 4.60. The van der Waals surface area contributed by atoms with E-state index in [2.05, 4.69) is 14.9 Å². The first-order chi connectivity index (χ1) is 9.75. The van der Waals surface area contributed by atoms with Gasteiger partial charge in [0.2, 0.25) is 0 Å². The molecule has 0 bridgehead atoms. The highest BCUT2D eigenvalue weighted by Gasteiger charge is 2.21. The maximum Gasteiger partial charge on any atom is 0.171 e. The van der Waals surface area contributed by atoms with Gasteiger partial charge >= 0.3 is 0 Å². The summed E-state index contributed by atoms with van der Waals surface area (Å²) in [5.41, 5.74) is 0.650. The van der Waals surface area contributed by atoms with Gasteiger partial charge in [0.25, 0.3) is 0 Å². The van der Waals surface area contributed by atoms with Gasteiger partial charge in [0.15, 0.2) is 11.0 Å². The SMILES string of the molecule is Fc1ccccc1N1CCN(c2nccnc2Cl)CC1. The predicted octanol–water partition coefficient (Wildman–Crippen LogP) is 2.60. The molecule has 0 radical (unpaired) electrons. The molecule has 0 amide bonds. The molecule has 1 aromatic heterocycles. The summed E-state index contributed by atoms with van der Waals surface area (Å²) in [5, 5.41) is 0.409. The molecular weight excluding hydrogens is 279 g/mol. The van der Waals surface area contributed by atoms with Crippen LogP contribution in [0.4, 0.5) is 15.9 Å². The smallest absolute Gasteiger partial charge is 0.171 e. The predicted molar refractivity (Wildman–Crippen MR) is 77.9 cm³/mol. The molecule has 0 unspecified atom stereocenters. The van der Waals surface area contributed by atoms with Crippen LogP contribution in [-0.4, -0.2) is 36.1 Å². The summed E-state index contributed by atoms with van der Waals surface area (Å²) in [5.74, 6) is 0.515. The molecule has 3 rings (SSSR count). The van der Waals surface area contributed by atoms with Gasteiger partial charge in [-0.1, -0.05) is 23.7 Å². The average Bonchev–Trinajstić information content (AvgIpc) is 2.49. The summed E-state index contributed by atoms with van der Waals surface area (Å²) in [6.45, 7) is 2.95. The van der Waals surface area contributed by atoms with Gasteiger partial charge in [-0.2, -0.15) is 0 Å². The molecule has 0 N–H and O–H groups in total. The van der Waals surface area contributed by atoms with Crippen molar-refractivity contribution in [1.29, 1.82) is 0 Å². The summed E-state index contributed by atoms with van der Waals surface area (Å²) in [6, 6.07) is 6.85. The minimum Gasteiger partial charge on any atom is -0.366 e. The van der Waals surface area contributed by atoms with E-state index in [0.717, 1.165) is 26.2 Å². The molecule has 2 heterocycles. The van der Waals surface area contributed by atoms with Crippen LogP contribution in [0.1, 0.15) is 0 Å². The van der Waals surface area contributed by atoms with E-state index in [9.17, 15) is 4.39 Å². The Hall–Kier alpha value is -1.88. The highest BCUT2D eigenvalue weighted by molar-refractivity contribution is 6.31. The first-order valence-electron chi connectivity index (χ1n) is 6.46. The molecule has 2 aromatic rings. The minimum absolute atomic E-state index is 0.182. The van der Waals surface area contributed by atoms with E-state index in [1.54, 1.807) is 24.5 Å². The highest BCUT2D eigenvalue weighted by Crippen LogP contribution is 2.24. The molecule has 0 aliphatic carbocycles. The molecule has 1 saturated heterocycles. The number of aromatic nitrogens is 2. The van der Waals surface area contributed by atoms with Gasteiger partial charge in [-0.25, -0.2) is 14.4 Å². The third-order valence-corrected chi connectivity index (χ3v) is 3.67. The second-order valence-corrected chi connectivity index (χ2v) is 4.95. The molecule has 1 aliphatic rings. The van der Waals surface area contributed by atoms with Gasteiger partial charge in [0.05, 0.1) is 5.69 Å². The van der Waals surface area contributed by atoms with Crippen LogP contribution in [0.5, 0.6) is 0 Å². The molecule has 0 saturated carbocycles. The van der Waals surface area contributed by atoms with Crippen molar-refractivity contribution in [3.63, 3.8) is 0 Å². The van der Waals surface area contributed by atoms with Gasteiger partial charge in [-0.05, 0) is 12.1 Å². The fraction of sp³-hybridized carbons (Fsp3) is 0.286. The second kappa shape index (κ2) is 5.63. The quantitative estimate of drug-likeness (QED) is 0.852. The zero-order valence-electron chi connectivity index (χ0n) is 10.8. The number of nitrogens with zero attached hydrogens (tertiary/aromatic N) is 4. The van der Waals surface area contributed by atoms with E-state index in [-0.39, 0.29) is 5.82 Å². The van der Waals surface area contributed by atoms with Crippen molar-refractivity contribution in [2.75, 3.05) is 36.0 Å². The van der Waals surface area contributed by atoms with Crippen LogP contribution in [0.15, 0.2) is 36.7 Å². The van der Waals surface area contributed by atoms with E-state index in [0.29, 0.717) is 16.7 Å². The highest BCUT2D eigenvalue weighted by atomic mass is 35.5. The molecule has 0 spiro atoms. The van der Waals surface area contributed by atoms with Crippen molar-refractivity contribution >= 4 is 23.1 Å². The van der Waals surface area contributed by atoms with Crippen molar-refractivity contribution in [2.24, 2.45) is 0 Å². The summed E-state index contributed by atoms with van der Waals surface area (Å²) in [4.78, 5) is 12.4. The molecule has 6 heteroatoms. The number of piperazine rings is 1. The molecular formula is C14H14ClFN4. The Kier molecular flexibility index (Phi) is 3.69. The van der Waals surface area contributed by atoms with Gasteiger partial charge < -0.3 is 9.80 Å². The lowest BCUT2D eigenvalue weighted by Crippen LogP contribution is -2.47. The minimum atomic E-state index is -0.182. The Morgan fingerprint density at radius 2 is 1.60 bits per heavy atom. The monoisotopic (exact) mass is 292 g/mol. The fourth-order valence-corrected chi connectivity index (χ4v) is 2.62. The number of hydrogen-bond acceptors (Lipinski definition) is 4. The van der Waals surface area contributed by atoms with Crippen LogP contribution in [0.25, 0.3) is 0 Å². The molecule has 1 aromatic carbocycles. The van der Waals surface area contributed by atoms with Crippen molar-refractivity contribution in [3.8, 4) is 0 Å². The zero-order chi connectivity index (χ0) is 13.9. The number of hydrogen-bond donors (Lipinski definition) is 0. The number of benzene rings is 1. The molecule has 4 nitrogen and oxygen atoms in total. The molecule has 0 atom stereocenters. The van der Waals surface area contributed by atoms with Crippen LogP contribution in [0.3, 0.4) is 0 Å². The van der Waals surface area contributed by atoms with Crippen LogP contribution >= 0.6 is 11.6 Å². The van der Waals surface area contributed by atoms with Crippen molar-refractivity contribution in [2.45, 2.75) is 0 Å². The van der Waals surface area contributed by atoms with Crippen LogP contribution in [-0.2, 0) is 0 Å². The largest absolute Gasteiger partial charge is 0.366 e. The summed E-state index contributed by atoms with van der Waals surface area (Å²) < 4.78 is 13.8. The lowest BCUT2D eigenvalue weighted by Gasteiger charge is -2.36. The summed E-state index contributed by atoms with van der Waals surface area (Å²) >= 11 is 6.05. The van der Waals surface area contributed by atoms with Crippen molar-refractivity contribution in [3.05, 3.63) is 47.6 Å². The molecule has 1 aliphatic heterocycles. The Morgan fingerprint density at radius 1 is 0.950 bits per heavy atom. The van der Waals surface area contributed by atoms with E-state index in [4.69, 9.17) is 11.6 Å². The lowest BCUT2D eigenvalue weighted by atomic mass is 10.2. The maximum absolute atomic E-state index is 13.8.